The Bertz CT molecular complexity index is 821. The van der Waals surface area contributed by atoms with E-state index in [4.69, 9.17) is 4.74 Å². The first-order chi connectivity index (χ1) is 13.3. The minimum Gasteiger partial charge on any atom is -0.492 e. The van der Waals surface area contributed by atoms with Crippen LogP contribution in [0.3, 0.4) is 0 Å². The number of hydrogen-bond acceptors (Lipinski definition) is 3. The Kier molecular flexibility index (Phi) is 7.62. The normalized spacial score (nSPS) is 11.2. The fraction of sp³-hybridized carbons (Fsp3) is 0.200. The van der Waals surface area contributed by atoms with Crippen LogP contribution in [0.2, 0.25) is 0 Å². The van der Waals surface area contributed by atoms with E-state index in [2.05, 4.69) is 10.6 Å². The van der Waals surface area contributed by atoms with Crippen LogP contribution in [0.4, 0.5) is 13.2 Å². The third kappa shape index (κ3) is 7.53. The van der Waals surface area contributed by atoms with Crippen LogP contribution in [-0.4, -0.2) is 31.5 Å². The molecule has 28 heavy (non-hydrogen) atoms. The van der Waals surface area contributed by atoms with Crippen LogP contribution in [0.1, 0.15) is 11.1 Å². The molecule has 2 N–H and O–H groups in total. The van der Waals surface area contributed by atoms with Gasteiger partial charge in [-0.15, -0.1) is 0 Å². The van der Waals surface area contributed by atoms with Crippen molar-refractivity contribution >= 4 is 17.9 Å². The van der Waals surface area contributed by atoms with Crippen molar-refractivity contribution in [2.75, 3.05) is 19.7 Å². The number of hydrogen-bond donors (Lipinski definition) is 2. The number of amides is 2. The van der Waals surface area contributed by atoms with E-state index in [0.717, 1.165) is 17.7 Å². The summed E-state index contributed by atoms with van der Waals surface area (Å²) in [6.45, 7) is -0.138. The second-order valence-corrected chi connectivity index (χ2v) is 5.69. The highest BCUT2D eigenvalue weighted by molar-refractivity contribution is 5.94. The van der Waals surface area contributed by atoms with Crippen LogP contribution in [0, 0.1) is 0 Å². The van der Waals surface area contributed by atoms with Crippen LogP contribution in [0.25, 0.3) is 6.08 Å². The molecule has 8 heteroatoms. The van der Waals surface area contributed by atoms with Crippen molar-refractivity contribution in [1.29, 1.82) is 0 Å². The lowest BCUT2D eigenvalue weighted by Crippen LogP contribution is -2.37. The van der Waals surface area contributed by atoms with E-state index >= 15 is 0 Å². The zero-order valence-corrected chi connectivity index (χ0v) is 14.8. The van der Waals surface area contributed by atoms with Gasteiger partial charge in [0, 0.05) is 6.08 Å². The highest BCUT2D eigenvalue weighted by Crippen LogP contribution is 2.31. The molecule has 0 aliphatic heterocycles. The molecule has 0 saturated carbocycles. The first kappa shape index (κ1) is 21.0. The summed E-state index contributed by atoms with van der Waals surface area (Å²) in [6, 6.07) is 13.7. The second-order valence-electron chi connectivity index (χ2n) is 5.69. The van der Waals surface area contributed by atoms with Gasteiger partial charge in [0.15, 0.2) is 0 Å². The van der Waals surface area contributed by atoms with E-state index < -0.39 is 23.6 Å². The van der Waals surface area contributed by atoms with Crippen molar-refractivity contribution < 1.29 is 27.5 Å². The van der Waals surface area contributed by atoms with Gasteiger partial charge in [-0.3, -0.25) is 9.59 Å². The Morgan fingerprint density at radius 2 is 1.75 bits per heavy atom. The van der Waals surface area contributed by atoms with Crippen molar-refractivity contribution in [3.8, 4) is 5.75 Å². The summed E-state index contributed by atoms with van der Waals surface area (Å²) in [5, 5.41) is 4.93. The van der Waals surface area contributed by atoms with Gasteiger partial charge in [0.25, 0.3) is 0 Å². The molecule has 2 rings (SSSR count). The molecule has 0 aliphatic rings. The molecular formula is C20H19F3N2O3. The summed E-state index contributed by atoms with van der Waals surface area (Å²) < 4.78 is 43.0. The fourth-order valence-corrected chi connectivity index (χ4v) is 2.15. The van der Waals surface area contributed by atoms with Crippen molar-refractivity contribution in [2.45, 2.75) is 6.18 Å². The summed E-state index contributed by atoms with van der Waals surface area (Å²) in [4.78, 5) is 23.3. The van der Waals surface area contributed by atoms with E-state index in [0.29, 0.717) is 0 Å². The van der Waals surface area contributed by atoms with Gasteiger partial charge in [-0.2, -0.15) is 13.2 Å². The Morgan fingerprint density at radius 3 is 2.46 bits per heavy atom. The summed E-state index contributed by atoms with van der Waals surface area (Å²) in [7, 11) is 0. The van der Waals surface area contributed by atoms with E-state index in [1.165, 1.54) is 18.2 Å². The molecule has 148 valence electrons. The van der Waals surface area contributed by atoms with Crippen LogP contribution in [0.15, 0.2) is 60.7 Å². The predicted molar refractivity (Wildman–Crippen MR) is 98.4 cm³/mol. The quantitative estimate of drug-likeness (QED) is 0.536. The molecular weight excluding hydrogens is 373 g/mol. The van der Waals surface area contributed by atoms with Gasteiger partial charge in [-0.05, 0) is 29.8 Å². The number of rotatable bonds is 8. The van der Waals surface area contributed by atoms with Gasteiger partial charge < -0.3 is 15.4 Å². The summed E-state index contributed by atoms with van der Waals surface area (Å²) in [5.74, 6) is -0.795. The minimum atomic E-state index is -4.44. The smallest absolute Gasteiger partial charge is 0.416 e. The van der Waals surface area contributed by atoms with Crippen molar-refractivity contribution in [3.05, 3.63) is 71.8 Å². The highest BCUT2D eigenvalue weighted by atomic mass is 19.4. The SMILES string of the molecule is O=C(/C=C/c1ccccc1)NCC(=O)NCCOc1cccc(C(F)(F)F)c1. The molecule has 0 saturated heterocycles. The number of halogens is 3. The second kappa shape index (κ2) is 10.1. The number of benzene rings is 2. The largest absolute Gasteiger partial charge is 0.492 e. The third-order valence-electron chi connectivity index (χ3n) is 3.50. The standard InChI is InChI=1S/C20H19F3N2O3/c21-20(22,23)16-7-4-8-17(13-16)28-12-11-24-19(27)14-25-18(26)10-9-15-5-2-1-3-6-15/h1-10,13H,11-12,14H2,(H,24,27)(H,25,26)/b10-9+. The summed E-state index contributed by atoms with van der Waals surface area (Å²) in [5.41, 5.74) is 0.0501. The van der Waals surface area contributed by atoms with Crippen molar-refractivity contribution in [2.24, 2.45) is 0 Å². The summed E-state index contributed by atoms with van der Waals surface area (Å²) >= 11 is 0. The molecule has 0 heterocycles. The Morgan fingerprint density at radius 1 is 1.00 bits per heavy atom. The van der Waals surface area contributed by atoms with Gasteiger partial charge >= 0.3 is 6.18 Å². The maximum Gasteiger partial charge on any atom is 0.416 e. The Labute approximate surface area is 160 Å². The molecule has 0 atom stereocenters. The third-order valence-corrected chi connectivity index (χ3v) is 3.50. The van der Waals surface area contributed by atoms with Gasteiger partial charge in [-0.25, -0.2) is 0 Å². The predicted octanol–water partition coefficient (Wildman–Crippen LogP) is 3.03. The van der Waals surface area contributed by atoms with Crippen molar-refractivity contribution in [1.82, 2.24) is 10.6 Å². The van der Waals surface area contributed by atoms with Crippen LogP contribution >= 0.6 is 0 Å². The first-order valence-corrected chi connectivity index (χ1v) is 8.42. The molecule has 0 aliphatic carbocycles. The fourth-order valence-electron chi connectivity index (χ4n) is 2.15. The Balaban J connectivity index is 1.65. The molecule has 2 aromatic rings. The molecule has 0 spiro atoms. The summed E-state index contributed by atoms with van der Waals surface area (Å²) in [6.07, 6.45) is -1.50. The monoisotopic (exact) mass is 392 g/mol. The number of ether oxygens (including phenoxy) is 1. The molecule has 2 aromatic carbocycles. The van der Waals surface area contributed by atoms with Crippen LogP contribution in [0.5, 0.6) is 5.75 Å². The number of alkyl halides is 3. The molecule has 0 radical (unpaired) electrons. The Hall–Kier alpha value is -3.29. The molecule has 5 nitrogen and oxygen atoms in total. The van der Waals surface area contributed by atoms with E-state index in [-0.39, 0.29) is 25.4 Å². The number of nitrogens with one attached hydrogen (secondary N) is 2. The molecule has 0 fully saturated rings. The zero-order chi connectivity index (χ0) is 20.4. The van der Waals surface area contributed by atoms with Crippen LogP contribution in [-0.2, 0) is 15.8 Å². The van der Waals surface area contributed by atoms with Gasteiger partial charge in [0.05, 0.1) is 18.7 Å². The topological polar surface area (TPSA) is 67.4 Å². The number of carbonyl (C=O) groups is 2. The van der Waals surface area contributed by atoms with E-state index in [9.17, 15) is 22.8 Å². The van der Waals surface area contributed by atoms with Crippen molar-refractivity contribution in [3.63, 3.8) is 0 Å². The highest BCUT2D eigenvalue weighted by Gasteiger charge is 2.30. The maximum atomic E-state index is 12.6. The van der Waals surface area contributed by atoms with Gasteiger partial charge in [-0.1, -0.05) is 36.4 Å². The molecule has 0 unspecified atom stereocenters. The average molecular weight is 392 g/mol. The molecule has 0 aromatic heterocycles. The zero-order valence-electron chi connectivity index (χ0n) is 14.8. The lowest BCUT2D eigenvalue weighted by Gasteiger charge is -2.11. The van der Waals surface area contributed by atoms with Gasteiger partial charge in [0.1, 0.15) is 12.4 Å². The van der Waals surface area contributed by atoms with Crippen LogP contribution < -0.4 is 15.4 Å². The maximum absolute atomic E-state index is 12.6. The van der Waals surface area contributed by atoms with Gasteiger partial charge in [0.2, 0.25) is 11.8 Å². The van der Waals surface area contributed by atoms with E-state index in [1.807, 2.05) is 30.3 Å². The lowest BCUT2D eigenvalue weighted by molar-refractivity contribution is -0.137. The van der Waals surface area contributed by atoms with E-state index in [1.54, 1.807) is 6.08 Å². The minimum absolute atomic E-state index is 0.00505. The average Bonchev–Trinajstić information content (AvgIpc) is 2.68. The lowest BCUT2D eigenvalue weighted by atomic mass is 10.2. The first-order valence-electron chi connectivity index (χ1n) is 8.42. The molecule has 0 bridgehead atoms. The molecule has 2 amide bonds. The number of carbonyl (C=O) groups excluding carboxylic acids is 2.